The number of rotatable bonds is 5. The van der Waals surface area contributed by atoms with E-state index in [2.05, 4.69) is 43.1 Å². The van der Waals surface area contributed by atoms with Gasteiger partial charge in [0.2, 0.25) is 11.8 Å². The predicted molar refractivity (Wildman–Crippen MR) is 138 cm³/mol. The number of nitrogen functional groups attached to an aromatic ring is 1. The molecule has 1 unspecified atom stereocenters. The first-order chi connectivity index (χ1) is 17.7. The Labute approximate surface area is 219 Å². The Morgan fingerprint density at radius 3 is 2.86 bits per heavy atom. The van der Waals surface area contributed by atoms with Crippen molar-refractivity contribution in [2.24, 2.45) is 5.41 Å². The normalized spacial score (nSPS) is 22.3. The number of benzene rings is 1. The van der Waals surface area contributed by atoms with E-state index in [0.29, 0.717) is 38.8 Å². The fourth-order valence-electron chi connectivity index (χ4n) is 5.51. The Hall–Kier alpha value is -3.80. The largest absolute Gasteiger partial charge is 0.494 e. The van der Waals surface area contributed by atoms with Crippen molar-refractivity contribution in [3.05, 3.63) is 47.1 Å². The highest BCUT2D eigenvalue weighted by Gasteiger charge is 2.64. The van der Waals surface area contributed by atoms with Crippen LogP contribution in [0, 0.1) is 11.2 Å². The quantitative estimate of drug-likeness (QED) is 0.353. The number of carbonyl (C=O) groups excluding carboxylic acids is 2. The number of hydrogen-bond donors (Lipinski definition) is 2. The topological polar surface area (TPSA) is 128 Å². The van der Waals surface area contributed by atoms with Gasteiger partial charge >= 0.3 is 0 Å². The van der Waals surface area contributed by atoms with Crippen LogP contribution in [-0.4, -0.2) is 55.4 Å². The van der Waals surface area contributed by atoms with E-state index in [0.717, 1.165) is 6.42 Å². The van der Waals surface area contributed by atoms with Gasteiger partial charge in [-0.3, -0.25) is 9.59 Å². The van der Waals surface area contributed by atoms with Gasteiger partial charge in [-0.1, -0.05) is 13.0 Å². The first-order valence-corrected chi connectivity index (χ1v) is 12.5. The average molecular weight is 568 g/mol. The van der Waals surface area contributed by atoms with Gasteiger partial charge in [0.05, 0.1) is 18.0 Å². The smallest absolute Gasteiger partial charge is 0.248 e. The molecule has 190 valence electrons. The van der Waals surface area contributed by atoms with E-state index in [1.807, 2.05) is 0 Å². The van der Waals surface area contributed by atoms with Crippen LogP contribution >= 0.6 is 15.9 Å². The number of halogens is 2. The van der Waals surface area contributed by atoms with Gasteiger partial charge in [0.25, 0.3) is 0 Å². The summed E-state index contributed by atoms with van der Waals surface area (Å²) in [6.07, 6.45) is 2.70. The van der Waals surface area contributed by atoms with Crippen LogP contribution in [0.3, 0.4) is 0 Å². The third-order valence-electron chi connectivity index (χ3n) is 7.43. The summed E-state index contributed by atoms with van der Waals surface area (Å²) in [5, 5.41) is 3.78. The fraction of sp³-hybridized carbons (Fsp3) is 0.320. The molecule has 6 rings (SSSR count). The second-order valence-corrected chi connectivity index (χ2v) is 10.6. The average Bonchev–Trinajstić information content (AvgIpc) is 3.28. The van der Waals surface area contributed by atoms with E-state index < -0.39 is 11.9 Å². The number of pyridine rings is 1. The van der Waals surface area contributed by atoms with Gasteiger partial charge in [0, 0.05) is 17.5 Å². The maximum atomic E-state index is 14.6. The number of aromatic nitrogens is 4. The van der Waals surface area contributed by atoms with Gasteiger partial charge in [-0.15, -0.1) is 0 Å². The molecule has 3 atom stereocenters. The zero-order chi connectivity index (χ0) is 26.1. The maximum absolute atomic E-state index is 14.6. The third kappa shape index (κ3) is 3.78. The number of amides is 2. The molecule has 1 aliphatic carbocycles. The van der Waals surface area contributed by atoms with E-state index in [9.17, 15) is 14.0 Å². The number of methoxy groups -OCH3 is 1. The van der Waals surface area contributed by atoms with Crippen LogP contribution in [0.2, 0.25) is 0 Å². The molecule has 2 aliphatic rings. The van der Waals surface area contributed by atoms with Crippen LogP contribution < -0.4 is 15.8 Å². The van der Waals surface area contributed by atoms with Crippen molar-refractivity contribution in [2.75, 3.05) is 18.2 Å². The summed E-state index contributed by atoms with van der Waals surface area (Å²) in [4.78, 5) is 41.5. The zero-order valence-electron chi connectivity index (χ0n) is 20.0. The molecular formula is C25H23BrFN7O3. The Kier molecular flexibility index (Phi) is 5.34. The van der Waals surface area contributed by atoms with E-state index in [1.165, 1.54) is 25.6 Å². The second kappa shape index (κ2) is 8.37. The lowest BCUT2D eigenvalue weighted by Gasteiger charge is -2.27. The molecule has 10 nitrogen and oxygen atoms in total. The number of ether oxygens (including phenoxy) is 1. The highest BCUT2D eigenvalue weighted by Crippen LogP contribution is 2.59. The van der Waals surface area contributed by atoms with Crippen LogP contribution in [-0.2, 0) is 16.1 Å². The van der Waals surface area contributed by atoms with Crippen LogP contribution in [0.5, 0.6) is 5.75 Å². The first-order valence-electron chi connectivity index (χ1n) is 11.7. The van der Waals surface area contributed by atoms with Crippen molar-refractivity contribution in [3.63, 3.8) is 0 Å². The monoisotopic (exact) mass is 567 g/mol. The summed E-state index contributed by atoms with van der Waals surface area (Å²) in [6.45, 7) is 1.97. The molecule has 12 heteroatoms. The molecule has 1 saturated carbocycles. The molecule has 2 amide bonds. The van der Waals surface area contributed by atoms with Crippen LogP contribution in [0.1, 0.15) is 19.8 Å². The van der Waals surface area contributed by atoms with Gasteiger partial charge in [0.1, 0.15) is 40.8 Å². The van der Waals surface area contributed by atoms with Crippen LogP contribution in [0.25, 0.3) is 21.9 Å². The van der Waals surface area contributed by atoms with Gasteiger partial charge < -0.3 is 25.3 Å². The Balaban J connectivity index is 1.37. The van der Waals surface area contributed by atoms with Crippen LogP contribution in [0.15, 0.2) is 41.3 Å². The summed E-state index contributed by atoms with van der Waals surface area (Å²) in [6, 6.07) is 7.39. The lowest BCUT2D eigenvalue weighted by atomic mass is 10.0. The van der Waals surface area contributed by atoms with E-state index >= 15 is 0 Å². The zero-order valence-corrected chi connectivity index (χ0v) is 21.6. The minimum atomic E-state index is -0.642. The van der Waals surface area contributed by atoms with Crippen molar-refractivity contribution >= 4 is 61.3 Å². The molecule has 1 aromatic carbocycles. The number of nitrogens with one attached hydrogen (secondary N) is 1. The molecule has 4 heterocycles. The summed E-state index contributed by atoms with van der Waals surface area (Å²) < 4.78 is 22.0. The number of anilines is 2. The molecule has 3 aromatic heterocycles. The Morgan fingerprint density at radius 2 is 2.11 bits per heavy atom. The fourth-order valence-corrected chi connectivity index (χ4v) is 5.86. The number of likely N-dealkylation sites (tertiary alicyclic amines) is 1. The van der Waals surface area contributed by atoms with Gasteiger partial charge in [-0.05, 0) is 52.4 Å². The Bertz CT molecular complexity index is 1610. The van der Waals surface area contributed by atoms with Crippen molar-refractivity contribution in [2.45, 2.75) is 38.4 Å². The van der Waals surface area contributed by atoms with Gasteiger partial charge in [-0.25, -0.2) is 19.3 Å². The first kappa shape index (κ1) is 23.6. The van der Waals surface area contributed by atoms with Gasteiger partial charge in [0.15, 0.2) is 11.6 Å². The summed E-state index contributed by atoms with van der Waals surface area (Å²) in [7, 11) is 1.37. The summed E-state index contributed by atoms with van der Waals surface area (Å²) in [5.41, 5.74) is 6.95. The standard InChI is InChI=1S/C25H23BrFN7O3/c1-25-8-15(24(36)32-19-5-3-4-18(26)31-19)34(17(25)9-25)20(35)10-33-14-7-16(37-2)13(27)6-12(14)21-22(28)29-11-30-23(21)33/h3-7,11,15,17H,8-10H2,1-2H3,(H2,28,29,30)(H,31,32,36)/t15-,17?,25-/m0/s1. The van der Waals surface area contributed by atoms with Gasteiger partial charge in [-0.2, -0.15) is 0 Å². The number of nitrogens with zero attached hydrogens (tertiary/aromatic N) is 5. The lowest BCUT2D eigenvalue weighted by molar-refractivity contribution is -0.138. The lowest BCUT2D eigenvalue weighted by Crippen LogP contribution is -2.46. The third-order valence-corrected chi connectivity index (χ3v) is 7.87. The number of hydrogen-bond acceptors (Lipinski definition) is 7. The van der Waals surface area contributed by atoms with Crippen molar-refractivity contribution in [1.29, 1.82) is 0 Å². The Morgan fingerprint density at radius 1 is 1.30 bits per heavy atom. The number of piperidine rings is 1. The van der Waals surface area contributed by atoms with E-state index in [4.69, 9.17) is 10.5 Å². The molecule has 0 spiro atoms. The second-order valence-electron chi connectivity index (χ2n) is 9.78. The van der Waals surface area contributed by atoms with E-state index in [1.54, 1.807) is 27.7 Å². The SMILES string of the molecule is COc1cc2c(cc1F)c1c(N)ncnc1n2CC(=O)N1C2C[C@]2(C)C[C@H]1C(=O)Nc1cccc(Br)n1. The molecule has 37 heavy (non-hydrogen) atoms. The number of fused-ring (bicyclic) bond motifs is 4. The molecule has 4 aromatic rings. The predicted octanol–water partition coefficient (Wildman–Crippen LogP) is 3.49. The summed E-state index contributed by atoms with van der Waals surface area (Å²) in [5.74, 6) is -0.473. The molecular weight excluding hydrogens is 545 g/mol. The number of carbonyl (C=O) groups is 2. The molecule has 0 bridgehead atoms. The maximum Gasteiger partial charge on any atom is 0.248 e. The molecule has 1 aliphatic heterocycles. The minimum Gasteiger partial charge on any atom is -0.494 e. The molecule has 0 radical (unpaired) electrons. The number of nitrogens with two attached hydrogens (primary N) is 1. The highest BCUT2D eigenvalue weighted by atomic mass is 79.9. The molecule has 3 N–H and O–H groups in total. The van der Waals surface area contributed by atoms with Crippen molar-refractivity contribution < 1.29 is 18.7 Å². The minimum absolute atomic E-state index is 0.0326. The summed E-state index contributed by atoms with van der Waals surface area (Å²) >= 11 is 3.31. The van der Waals surface area contributed by atoms with Crippen molar-refractivity contribution in [1.82, 2.24) is 24.4 Å². The molecule has 1 saturated heterocycles. The molecule has 2 fully saturated rings. The van der Waals surface area contributed by atoms with E-state index in [-0.39, 0.29) is 41.4 Å². The van der Waals surface area contributed by atoms with Crippen molar-refractivity contribution in [3.8, 4) is 5.75 Å². The highest BCUT2D eigenvalue weighted by molar-refractivity contribution is 9.10. The van der Waals surface area contributed by atoms with Crippen LogP contribution in [0.4, 0.5) is 16.0 Å².